The molecule has 0 spiro atoms. The number of para-hydroxylation sites is 1. The van der Waals surface area contributed by atoms with Crippen LogP contribution in [0.1, 0.15) is 25.0 Å². The highest BCUT2D eigenvalue weighted by molar-refractivity contribution is 7.88. The largest absolute Gasteiger partial charge is 0.327 e. The van der Waals surface area contributed by atoms with Crippen LogP contribution in [0.4, 0.5) is 5.69 Å². The highest BCUT2D eigenvalue weighted by atomic mass is 35.5. The second-order valence-corrected chi connectivity index (χ2v) is 9.65. The van der Waals surface area contributed by atoms with E-state index in [1.807, 2.05) is 54.6 Å². The molecule has 0 saturated carbocycles. The summed E-state index contributed by atoms with van der Waals surface area (Å²) in [6.07, 6.45) is 1.20. The van der Waals surface area contributed by atoms with Gasteiger partial charge in [0.1, 0.15) is 11.4 Å². The number of fused-ring (bicyclic) bond motifs is 3. The van der Waals surface area contributed by atoms with Gasteiger partial charge in [-0.2, -0.15) is 4.72 Å². The summed E-state index contributed by atoms with van der Waals surface area (Å²) in [4.78, 5) is 7.06. The normalized spacial score (nSPS) is 23.1. The molecule has 7 heteroatoms. The van der Waals surface area contributed by atoms with Crippen molar-refractivity contribution < 1.29 is 8.42 Å². The molecule has 2 aliphatic rings. The summed E-state index contributed by atoms with van der Waals surface area (Å²) in [5, 5.41) is 0. The second kappa shape index (κ2) is 6.62. The maximum atomic E-state index is 12.4. The lowest BCUT2D eigenvalue weighted by atomic mass is 9.83. The van der Waals surface area contributed by atoms with Crippen molar-refractivity contribution in [2.75, 3.05) is 24.2 Å². The van der Waals surface area contributed by atoms with E-state index in [0.29, 0.717) is 6.54 Å². The van der Waals surface area contributed by atoms with Gasteiger partial charge in [0.2, 0.25) is 10.0 Å². The van der Waals surface area contributed by atoms with Gasteiger partial charge in [0.15, 0.2) is 0 Å². The van der Waals surface area contributed by atoms with Crippen LogP contribution in [0.5, 0.6) is 0 Å². The van der Waals surface area contributed by atoms with Crippen LogP contribution < -0.4 is 9.62 Å². The van der Waals surface area contributed by atoms with E-state index in [4.69, 9.17) is 4.99 Å². The van der Waals surface area contributed by atoms with Crippen LogP contribution in [-0.2, 0) is 15.6 Å². The standard InChI is InChI=1S/C20H23N3O2S.ClH/c1-19(2)13-21-18-20(22-26(3,24)25,15-9-5-4-6-10-15)16-11-7-8-12-17(16)23(18)14-19;/h4-12,22H,13-14H2,1-3H3;1H. The van der Waals surface area contributed by atoms with Gasteiger partial charge in [0.25, 0.3) is 0 Å². The highest BCUT2D eigenvalue weighted by Gasteiger charge is 2.53. The topological polar surface area (TPSA) is 61.8 Å². The van der Waals surface area contributed by atoms with Crippen molar-refractivity contribution in [2.45, 2.75) is 19.4 Å². The fourth-order valence-electron chi connectivity index (χ4n) is 4.00. The maximum Gasteiger partial charge on any atom is 0.210 e. The predicted octanol–water partition coefficient (Wildman–Crippen LogP) is 3.16. The van der Waals surface area contributed by atoms with Gasteiger partial charge >= 0.3 is 0 Å². The zero-order valence-corrected chi connectivity index (χ0v) is 17.3. The molecule has 2 aliphatic heterocycles. The lowest BCUT2D eigenvalue weighted by Crippen LogP contribution is -2.56. The molecule has 4 rings (SSSR count). The van der Waals surface area contributed by atoms with Gasteiger partial charge in [0, 0.05) is 29.8 Å². The summed E-state index contributed by atoms with van der Waals surface area (Å²) < 4.78 is 27.7. The average Bonchev–Trinajstić information content (AvgIpc) is 2.84. The second-order valence-electron chi connectivity index (χ2n) is 7.90. The Hall–Kier alpha value is -1.89. The van der Waals surface area contributed by atoms with Gasteiger partial charge < -0.3 is 4.90 Å². The summed E-state index contributed by atoms with van der Waals surface area (Å²) in [7, 11) is -3.49. The molecule has 2 aromatic rings. The Labute approximate surface area is 167 Å². The third-order valence-electron chi connectivity index (χ3n) is 4.98. The van der Waals surface area contributed by atoms with E-state index in [-0.39, 0.29) is 17.8 Å². The van der Waals surface area contributed by atoms with Crippen molar-refractivity contribution in [3.63, 3.8) is 0 Å². The molecular weight excluding hydrogens is 382 g/mol. The van der Waals surface area contributed by atoms with Crippen LogP contribution in [0.2, 0.25) is 0 Å². The van der Waals surface area contributed by atoms with Crippen LogP contribution in [0.25, 0.3) is 0 Å². The quantitative estimate of drug-likeness (QED) is 0.853. The SMILES string of the molecule is CC1(C)CN=C2N(C1)c1ccccc1C2(NS(C)(=O)=O)c1ccccc1.Cl. The maximum absolute atomic E-state index is 12.4. The zero-order chi connectivity index (χ0) is 18.6. The van der Waals surface area contributed by atoms with E-state index in [0.717, 1.165) is 29.2 Å². The average molecular weight is 406 g/mol. The Balaban J connectivity index is 0.00000210. The van der Waals surface area contributed by atoms with E-state index in [1.54, 1.807) is 0 Å². The summed E-state index contributed by atoms with van der Waals surface area (Å²) in [5.74, 6) is 0.759. The molecule has 144 valence electrons. The van der Waals surface area contributed by atoms with E-state index in [2.05, 4.69) is 23.5 Å². The number of hydrogen-bond acceptors (Lipinski definition) is 4. The first-order chi connectivity index (χ1) is 12.2. The molecule has 0 aromatic heterocycles. The first-order valence-electron chi connectivity index (χ1n) is 8.69. The van der Waals surface area contributed by atoms with Gasteiger partial charge in [-0.15, -0.1) is 12.4 Å². The minimum absolute atomic E-state index is 0. The summed E-state index contributed by atoms with van der Waals surface area (Å²) in [6.45, 7) is 5.82. The minimum atomic E-state index is -3.49. The molecule has 2 heterocycles. The first kappa shape index (κ1) is 19.9. The van der Waals surface area contributed by atoms with E-state index < -0.39 is 15.6 Å². The van der Waals surface area contributed by atoms with Gasteiger partial charge in [-0.3, -0.25) is 4.99 Å². The smallest absolute Gasteiger partial charge is 0.210 e. The lowest BCUT2D eigenvalue weighted by Gasteiger charge is -2.39. The number of amidine groups is 1. The molecule has 1 atom stereocenters. The van der Waals surface area contributed by atoms with Gasteiger partial charge in [-0.05, 0) is 11.6 Å². The molecule has 1 N–H and O–H groups in total. The minimum Gasteiger partial charge on any atom is -0.327 e. The fourth-order valence-corrected chi connectivity index (χ4v) is 4.88. The van der Waals surface area contributed by atoms with Crippen LogP contribution >= 0.6 is 12.4 Å². The molecule has 0 aliphatic carbocycles. The molecule has 27 heavy (non-hydrogen) atoms. The first-order valence-corrected chi connectivity index (χ1v) is 10.6. The van der Waals surface area contributed by atoms with Gasteiger partial charge in [0.05, 0.1) is 6.26 Å². The van der Waals surface area contributed by atoms with Crippen molar-refractivity contribution in [1.29, 1.82) is 0 Å². The van der Waals surface area contributed by atoms with Crippen LogP contribution in [0.15, 0.2) is 59.6 Å². The predicted molar refractivity (Wildman–Crippen MR) is 112 cm³/mol. The molecule has 0 saturated heterocycles. The number of hydrogen-bond donors (Lipinski definition) is 1. The molecule has 5 nitrogen and oxygen atoms in total. The Bertz CT molecular complexity index is 989. The van der Waals surface area contributed by atoms with Crippen molar-refractivity contribution in [3.05, 3.63) is 65.7 Å². The number of rotatable bonds is 3. The van der Waals surface area contributed by atoms with Crippen LogP contribution in [0.3, 0.4) is 0 Å². The number of sulfonamides is 1. The molecule has 0 bridgehead atoms. The fraction of sp³-hybridized carbons (Fsp3) is 0.350. The highest BCUT2D eigenvalue weighted by Crippen LogP contribution is 2.48. The van der Waals surface area contributed by atoms with Crippen molar-refractivity contribution in [3.8, 4) is 0 Å². The summed E-state index contributed by atoms with van der Waals surface area (Å²) in [5.41, 5.74) is 1.84. The Morgan fingerprint density at radius 3 is 2.33 bits per heavy atom. The number of nitrogens with zero attached hydrogens (tertiary/aromatic N) is 2. The van der Waals surface area contributed by atoms with Crippen molar-refractivity contribution >= 4 is 34.0 Å². The third-order valence-corrected chi connectivity index (χ3v) is 5.66. The molecule has 2 aromatic carbocycles. The van der Waals surface area contributed by atoms with Gasteiger partial charge in [-0.25, -0.2) is 8.42 Å². The molecule has 1 unspecified atom stereocenters. The number of aliphatic imine (C=N–C) groups is 1. The summed E-state index contributed by atoms with van der Waals surface area (Å²) in [6, 6.07) is 17.7. The number of nitrogens with one attached hydrogen (secondary N) is 1. The van der Waals surface area contributed by atoms with Crippen LogP contribution in [-0.4, -0.2) is 33.6 Å². The number of anilines is 1. The van der Waals surface area contributed by atoms with E-state index >= 15 is 0 Å². The molecular formula is C20H24ClN3O2S. The molecule has 0 amide bonds. The number of halogens is 1. The molecule has 0 fully saturated rings. The zero-order valence-electron chi connectivity index (χ0n) is 15.6. The Morgan fingerprint density at radius 1 is 1.04 bits per heavy atom. The Morgan fingerprint density at radius 2 is 1.67 bits per heavy atom. The van der Waals surface area contributed by atoms with Crippen molar-refractivity contribution in [1.82, 2.24) is 4.72 Å². The summed E-state index contributed by atoms with van der Waals surface area (Å²) >= 11 is 0. The van der Waals surface area contributed by atoms with Crippen molar-refractivity contribution in [2.24, 2.45) is 10.4 Å². The van der Waals surface area contributed by atoms with E-state index in [9.17, 15) is 8.42 Å². The third kappa shape index (κ3) is 3.26. The number of benzene rings is 2. The monoisotopic (exact) mass is 405 g/mol. The molecule has 0 radical (unpaired) electrons. The van der Waals surface area contributed by atoms with Crippen LogP contribution in [0, 0.1) is 5.41 Å². The van der Waals surface area contributed by atoms with E-state index in [1.165, 1.54) is 6.26 Å². The van der Waals surface area contributed by atoms with Gasteiger partial charge in [-0.1, -0.05) is 62.4 Å². The lowest BCUT2D eigenvalue weighted by molar-refractivity contribution is 0.378. The Kier molecular flexibility index (Phi) is 4.87.